The highest BCUT2D eigenvalue weighted by Crippen LogP contribution is 2.44. The second-order valence-electron chi connectivity index (χ2n) is 10.4. The molecule has 3 aromatic rings. The van der Waals surface area contributed by atoms with Crippen molar-refractivity contribution < 1.29 is 19.7 Å². The number of benzene rings is 3. The molecule has 0 aromatic heterocycles. The number of hydrogen-bond acceptors (Lipinski definition) is 5. The van der Waals surface area contributed by atoms with Crippen LogP contribution < -0.4 is 4.74 Å². The number of rotatable bonds is 9. The van der Waals surface area contributed by atoms with Crippen LogP contribution in [-0.2, 0) is 16.1 Å². The molecule has 1 unspecified atom stereocenters. The summed E-state index contributed by atoms with van der Waals surface area (Å²) in [5.41, 5.74) is 0.217. The van der Waals surface area contributed by atoms with Gasteiger partial charge in [0.1, 0.15) is 17.1 Å². The van der Waals surface area contributed by atoms with Crippen LogP contribution in [0.3, 0.4) is 0 Å². The van der Waals surface area contributed by atoms with Gasteiger partial charge in [0.05, 0.1) is 5.92 Å². The minimum Gasteiger partial charge on any atom is -0.426 e. The van der Waals surface area contributed by atoms with E-state index in [1.807, 2.05) is 72.8 Å². The van der Waals surface area contributed by atoms with Crippen LogP contribution >= 0.6 is 0 Å². The molecule has 2 N–H and O–H groups in total. The molecule has 37 heavy (non-hydrogen) atoms. The van der Waals surface area contributed by atoms with Crippen LogP contribution in [0, 0.1) is 11.8 Å². The Bertz CT molecular complexity index is 1120. The van der Waals surface area contributed by atoms with Gasteiger partial charge in [-0.05, 0) is 48.4 Å². The second kappa shape index (κ2) is 11.6. The van der Waals surface area contributed by atoms with Gasteiger partial charge in [0.2, 0.25) is 0 Å². The van der Waals surface area contributed by atoms with Crippen LogP contribution in [0.5, 0.6) is 5.75 Å². The number of ether oxygens (including phenoxy) is 1. The van der Waals surface area contributed by atoms with Crippen LogP contribution in [0.15, 0.2) is 84.9 Å². The lowest BCUT2D eigenvalue weighted by Crippen LogP contribution is -2.52. The highest BCUT2D eigenvalue weighted by Gasteiger charge is 2.45. The van der Waals surface area contributed by atoms with E-state index in [0.717, 1.165) is 36.0 Å². The zero-order valence-electron chi connectivity index (χ0n) is 22.1. The van der Waals surface area contributed by atoms with E-state index >= 15 is 0 Å². The number of aliphatic hydroxyl groups is 2. The third-order valence-corrected chi connectivity index (χ3v) is 7.62. The number of hydrogen-bond donors (Lipinski definition) is 2. The molecule has 5 heteroatoms. The van der Waals surface area contributed by atoms with Crippen molar-refractivity contribution in [3.05, 3.63) is 102 Å². The molecule has 3 aromatic carbocycles. The molecular weight excluding hydrogens is 462 g/mol. The standard InChI is InChI=1S/C32H39NO4/c1-4-20-31(35,28-16-11-17-29(23-28)37-30(34)24(2)3)33-21-18-27(19-22-33)32(36,25-12-7-5-8-13-25)26-14-9-6-10-15-26/h5-17,23-24,27,35-36H,4,18-22H2,1-3H3. The SMILES string of the molecule is CCCC(O)(c1cccc(OC(=O)C(C)C)c1)N1CCC(C(O)(c2ccccc2)c2ccccc2)CC1. The first-order valence-electron chi connectivity index (χ1n) is 13.4. The minimum atomic E-state index is -1.18. The zero-order chi connectivity index (χ0) is 26.5. The van der Waals surface area contributed by atoms with Crippen molar-refractivity contribution in [1.29, 1.82) is 0 Å². The number of likely N-dealkylation sites (tertiary alicyclic amines) is 1. The maximum atomic E-state index is 12.2. The van der Waals surface area contributed by atoms with Crippen molar-refractivity contribution in [1.82, 2.24) is 4.90 Å². The molecule has 1 fully saturated rings. The Morgan fingerprint density at radius 1 is 0.892 bits per heavy atom. The molecule has 0 amide bonds. The topological polar surface area (TPSA) is 70.0 Å². The van der Waals surface area contributed by atoms with E-state index in [4.69, 9.17) is 4.74 Å². The number of carbonyl (C=O) groups is 1. The van der Waals surface area contributed by atoms with Crippen molar-refractivity contribution in [2.24, 2.45) is 11.8 Å². The number of piperidine rings is 1. The monoisotopic (exact) mass is 501 g/mol. The van der Waals surface area contributed by atoms with Crippen LogP contribution in [0.25, 0.3) is 0 Å². The quantitative estimate of drug-likeness (QED) is 0.285. The van der Waals surface area contributed by atoms with Gasteiger partial charge in [-0.1, -0.05) is 100.0 Å². The molecule has 4 rings (SSSR count). The normalized spacial score (nSPS) is 16.9. The van der Waals surface area contributed by atoms with Crippen molar-refractivity contribution >= 4 is 5.97 Å². The molecule has 0 radical (unpaired) electrons. The maximum Gasteiger partial charge on any atom is 0.313 e. The zero-order valence-corrected chi connectivity index (χ0v) is 22.1. The Morgan fingerprint density at radius 2 is 1.43 bits per heavy atom. The minimum absolute atomic E-state index is 0.00208. The summed E-state index contributed by atoms with van der Waals surface area (Å²) in [6, 6.07) is 27.1. The number of esters is 1. The van der Waals surface area contributed by atoms with E-state index in [2.05, 4.69) is 11.8 Å². The van der Waals surface area contributed by atoms with E-state index in [1.54, 1.807) is 26.0 Å². The Labute approximate surface area is 220 Å². The van der Waals surface area contributed by atoms with Gasteiger partial charge in [-0.3, -0.25) is 9.69 Å². The fraction of sp³-hybridized carbons (Fsp3) is 0.406. The highest BCUT2D eigenvalue weighted by atomic mass is 16.5. The smallest absolute Gasteiger partial charge is 0.313 e. The summed E-state index contributed by atoms with van der Waals surface area (Å²) in [6.07, 6.45) is 2.81. The molecule has 0 saturated carbocycles. The molecule has 1 heterocycles. The summed E-state index contributed by atoms with van der Waals surface area (Å²) in [4.78, 5) is 14.3. The van der Waals surface area contributed by atoms with E-state index in [-0.39, 0.29) is 17.8 Å². The lowest BCUT2D eigenvalue weighted by molar-refractivity contribution is -0.145. The average Bonchev–Trinajstić information content (AvgIpc) is 2.94. The third kappa shape index (κ3) is 5.64. The first kappa shape index (κ1) is 27.1. The third-order valence-electron chi connectivity index (χ3n) is 7.62. The molecule has 0 spiro atoms. The van der Waals surface area contributed by atoms with Crippen molar-refractivity contribution in [2.45, 2.75) is 57.8 Å². The summed E-state index contributed by atoms with van der Waals surface area (Å²) in [5.74, 6) is -0.0794. The number of nitrogens with zero attached hydrogens (tertiary/aromatic N) is 1. The van der Waals surface area contributed by atoms with Crippen molar-refractivity contribution in [3.8, 4) is 5.75 Å². The summed E-state index contributed by atoms with van der Waals surface area (Å²) in [5, 5.41) is 24.2. The molecule has 5 nitrogen and oxygen atoms in total. The van der Waals surface area contributed by atoms with Gasteiger partial charge in [0.25, 0.3) is 0 Å². The molecular formula is C32H39NO4. The molecule has 196 valence electrons. The second-order valence-corrected chi connectivity index (χ2v) is 10.4. The highest BCUT2D eigenvalue weighted by molar-refractivity contribution is 5.74. The Hall–Kier alpha value is -2.99. The van der Waals surface area contributed by atoms with Crippen molar-refractivity contribution in [2.75, 3.05) is 13.1 Å². The van der Waals surface area contributed by atoms with Gasteiger partial charge in [0, 0.05) is 18.7 Å². The number of carbonyl (C=O) groups excluding carboxylic acids is 1. The maximum absolute atomic E-state index is 12.2. The first-order valence-corrected chi connectivity index (χ1v) is 13.4. The van der Waals surface area contributed by atoms with E-state index in [1.165, 1.54) is 0 Å². The predicted molar refractivity (Wildman–Crippen MR) is 146 cm³/mol. The molecule has 1 aliphatic heterocycles. The Morgan fingerprint density at radius 3 is 1.95 bits per heavy atom. The largest absolute Gasteiger partial charge is 0.426 e. The molecule has 1 aliphatic rings. The molecule has 0 aliphatic carbocycles. The van der Waals surface area contributed by atoms with Gasteiger partial charge in [-0.2, -0.15) is 0 Å². The average molecular weight is 502 g/mol. The molecule has 1 atom stereocenters. The predicted octanol–water partition coefficient (Wildman–Crippen LogP) is 5.84. The van der Waals surface area contributed by atoms with Gasteiger partial charge >= 0.3 is 5.97 Å². The Kier molecular flexibility index (Phi) is 8.48. The Balaban J connectivity index is 1.59. The summed E-state index contributed by atoms with van der Waals surface area (Å²) in [7, 11) is 0. The van der Waals surface area contributed by atoms with Gasteiger partial charge in [-0.25, -0.2) is 0 Å². The van der Waals surface area contributed by atoms with Crippen molar-refractivity contribution in [3.63, 3.8) is 0 Å². The fourth-order valence-corrected chi connectivity index (χ4v) is 5.57. The van der Waals surface area contributed by atoms with Gasteiger partial charge in [0.15, 0.2) is 0 Å². The summed E-state index contributed by atoms with van der Waals surface area (Å²) >= 11 is 0. The first-order chi connectivity index (χ1) is 17.8. The fourth-order valence-electron chi connectivity index (χ4n) is 5.57. The van der Waals surface area contributed by atoms with E-state index < -0.39 is 11.3 Å². The van der Waals surface area contributed by atoms with Crippen LogP contribution in [0.4, 0.5) is 0 Å². The van der Waals surface area contributed by atoms with Crippen LogP contribution in [-0.4, -0.2) is 34.2 Å². The van der Waals surface area contributed by atoms with E-state index in [0.29, 0.717) is 25.3 Å². The summed E-state index contributed by atoms with van der Waals surface area (Å²) in [6.45, 7) is 6.94. The van der Waals surface area contributed by atoms with Gasteiger partial charge < -0.3 is 14.9 Å². The molecule has 0 bridgehead atoms. The van der Waals surface area contributed by atoms with E-state index in [9.17, 15) is 15.0 Å². The van der Waals surface area contributed by atoms with Crippen LogP contribution in [0.2, 0.25) is 0 Å². The summed E-state index contributed by atoms with van der Waals surface area (Å²) < 4.78 is 5.54. The van der Waals surface area contributed by atoms with Gasteiger partial charge in [-0.15, -0.1) is 0 Å². The lowest BCUT2D eigenvalue weighted by atomic mass is 9.71. The van der Waals surface area contributed by atoms with Crippen LogP contribution in [0.1, 0.15) is 63.1 Å². The lowest BCUT2D eigenvalue weighted by Gasteiger charge is -2.47. The molecule has 1 saturated heterocycles.